The zero-order valence-corrected chi connectivity index (χ0v) is 20.1. The van der Waals surface area contributed by atoms with Crippen molar-refractivity contribution in [2.75, 3.05) is 12.4 Å². The van der Waals surface area contributed by atoms with Crippen molar-refractivity contribution in [3.63, 3.8) is 0 Å². The van der Waals surface area contributed by atoms with Gasteiger partial charge in [0.15, 0.2) is 0 Å². The average molecular weight is 504 g/mol. The number of carbonyl (C=O) groups excluding carboxylic acids is 1. The topological polar surface area (TPSA) is 111 Å². The number of rotatable bonds is 7. The van der Waals surface area contributed by atoms with Gasteiger partial charge in [-0.25, -0.2) is 9.78 Å². The van der Waals surface area contributed by atoms with Gasteiger partial charge in [-0.3, -0.25) is 18.7 Å². The molecule has 36 heavy (non-hydrogen) atoms. The maximum absolute atomic E-state index is 13.4. The smallest absolute Gasteiger partial charge is 0.333 e. The third-order valence-corrected chi connectivity index (χ3v) is 6.23. The minimum absolute atomic E-state index is 0.143. The Labute approximate surface area is 209 Å². The summed E-state index contributed by atoms with van der Waals surface area (Å²) in [6.07, 6.45) is 3.81. The van der Waals surface area contributed by atoms with Crippen LogP contribution in [0.4, 0.5) is 5.69 Å². The molecule has 0 radical (unpaired) electrons. The summed E-state index contributed by atoms with van der Waals surface area (Å²) in [7, 11) is 1.48. The number of aryl methyl sites for hydroxylation is 1. The molecule has 0 saturated carbocycles. The lowest BCUT2D eigenvalue weighted by atomic mass is 10.1. The van der Waals surface area contributed by atoms with Crippen molar-refractivity contribution < 1.29 is 9.53 Å². The number of ether oxygens (including phenoxy) is 1. The molecule has 3 heterocycles. The van der Waals surface area contributed by atoms with Gasteiger partial charge in [0.2, 0.25) is 5.91 Å². The number of nitrogens with one attached hydrogen (secondary N) is 2. The van der Waals surface area contributed by atoms with Crippen LogP contribution in [0.1, 0.15) is 5.56 Å². The van der Waals surface area contributed by atoms with Crippen molar-refractivity contribution >= 4 is 45.1 Å². The molecular formula is C26H22ClN5O4. The minimum atomic E-state index is -0.612. The van der Waals surface area contributed by atoms with Crippen LogP contribution in [0.3, 0.4) is 0 Å². The largest absolute Gasteiger partial charge is 0.495 e. The van der Waals surface area contributed by atoms with Crippen molar-refractivity contribution in [1.82, 2.24) is 19.1 Å². The number of benzene rings is 2. The molecule has 0 aliphatic rings. The van der Waals surface area contributed by atoms with E-state index in [1.54, 1.807) is 30.3 Å². The molecule has 3 aromatic heterocycles. The van der Waals surface area contributed by atoms with E-state index >= 15 is 0 Å². The van der Waals surface area contributed by atoms with Crippen LogP contribution in [0.15, 0.2) is 76.6 Å². The van der Waals surface area contributed by atoms with Crippen molar-refractivity contribution in [3.8, 4) is 5.75 Å². The molecule has 10 heteroatoms. The normalized spacial score (nSPS) is 11.2. The SMILES string of the molecule is COc1ccc(Cl)cc1NC(=O)Cn1c(=O)n(CCc2c[nH]c3ccccc23)c(=O)c2cccnc21. The van der Waals surface area contributed by atoms with Crippen LogP contribution in [-0.4, -0.2) is 32.1 Å². The summed E-state index contributed by atoms with van der Waals surface area (Å²) in [6.45, 7) is -0.205. The number of pyridine rings is 1. The summed E-state index contributed by atoms with van der Waals surface area (Å²) < 4.78 is 7.63. The highest BCUT2D eigenvalue weighted by Gasteiger charge is 2.18. The van der Waals surface area contributed by atoms with Crippen LogP contribution in [0.5, 0.6) is 5.75 Å². The minimum Gasteiger partial charge on any atom is -0.495 e. The first-order chi connectivity index (χ1) is 17.5. The fraction of sp³-hybridized carbons (Fsp3) is 0.154. The van der Waals surface area contributed by atoms with Gasteiger partial charge < -0.3 is 15.0 Å². The zero-order valence-electron chi connectivity index (χ0n) is 19.3. The summed E-state index contributed by atoms with van der Waals surface area (Å²) in [5.41, 5.74) is 1.42. The Balaban J connectivity index is 1.49. The number of halogens is 1. The van der Waals surface area contributed by atoms with Crippen molar-refractivity contribution in [2.45, 2.75) is 19.5 Å². The number of methoxy groups -OCH3 is 1. The van der Waals surface area contributed by atoms with E-state index in [2.05, 4.69) is 15.3 Å². The second kappa shape index (κ2) is 9.71. The van der Waals surface area contributed by atoms with E-state index in [0.29, 0.717) is 22.9 Å². The highest BCUT2D eigenvalue weighted by molar-refractivity contribution is 6.31. The molecule has 0 bridgehead atoms. The first kappa shape index (κ1) is 23.4. The van der Waals surface area contributed by atoms with E-state index in [9.17, 15) is 14.4 Å². The number of amides is 1. The van der Waals surface area contributed by atoms with Crippen molar-refractivity contribution in [1.29, 1.82) is 0 Å². The number of nitrogens with zero attached hydrogens (tertiary/aromatic N) is 3. The lowest BCUT2D eigenvalue weighted by Crippen LogP contribution is -2.42. The molecule has 0 fully saturated rings. The van der Waals surface area contributed by atoms with Gasteiger partial charge in [-0.05, 0) is 48.4 Å². The number of carbonyl (C=O) groups is 1. The summed E-state index contributed by atoms with van der Waals surface area (Å²) >= 11 is 6.06. The number of para-hydroxylation sites is 1. The quantitative estimate of drug-likeness (QED) is 0.352. The van der Waals surface area contributed by atoms with Crippen LogP contribution in [0, 0.1) is 0 Å². The Morgan fingerprint density at radius 2 is 1.89 bits per heavy atom. The first-order valence-electron chi connectivity index (χ1n) is 11.2. The summed E-state index contributed by atoms with van der Waals surface area (Å²) in [5, 5.41) is 4.43. The molecular weight excluding hydrogens is 482 g/mol. The lowest BCUT2D eigenvalue weighted by Gasteiger charge is -2.14. The lowest BCUT2D eigenvalue weighted by molar-refractivity contribution is -0.116. The van der Waals surface area contributed by atoms with Gasteiger partial charge in [-0.15, -0.1) is 0 Å². The summed E-state index contributed by atoms with van der Waals surface area (Å²) in [6, 6.07) is 15.9. The molecule has 0 aliphatic heterocycles. The Morgan fingerprint density at radius 1 is 1.08 bits per heavy atom. The molecule has 5 rings (SSSR count). The number of H-pyrrole nitrogens is 1. The summed E-state index contributed by atoms with van der Waals surface area (Å²) in [5.74, 6) is -0.0711. The highest BCUT2D eigenvalue weighted by atomic mass is 35.5. The molecule has 0 aliphatic carbocycles. The third kappa shape index (κ3) is 4.36. The van der Waals surface area contributed by atoms with E-state index in [1.807, 2.05) is 30.5 Å². The van der Waals surface area contributed by atoms with Crippen LogP contribution < -0.4 is 21.3 Å². The first-order valence-corrected chi connectivity index (χ1v) is 11.6. The second-order valence-electron chi connectivity index (χ2n) is 8.20. The molecule has 9 nitrogen and oxygen atoms in total. The van der Waals surface area contributed by atoms with E-state index in [1.165, 1.54) is 17.9 Å². The molecule has 0 unspecified atom stereocenters. The van der Waals surface area contributed by atoms with Gasteiger partial charge in [0, 0.05) is 34.9 Å². The van der Waals surface area contributed by atoms with E-state index in [-0.39, 0.29) is 24.1 Å². The third-order valence-electron chi connectivity index (χ3n) is 6.00. The number of hydrogen-bond donors (Lipinski definition) is 2. The fourth-order valence-electron chi connectivity index (χ4n) is 4.27. The second-order valence-corrected chi connectivity index (χ2v) is 8.64. The predicted octanol–water partition coefficient (Wildman–Crippen LogP) is 3.58. The summed E-state index contributed by atoms with van der Waals surface area (Å²) in [4.78, 5) is 47.0. The fourth-order valence-corrected chi connectivity index (χ4v) is 4.44. The maximum atomic E-state index is 13.4. The molecule has 2 N–H and O–H groups in total. The predicted molar refractivity (Wildman–Crippen MR) is 139 cm³/mol. The molecule has 0 saturated heterocycles. The monoisotopic (exact) mass is 503 g/mol. The number of aromatic nitrogens is 4. The number of anilines is 1. The van der Waals surface area contributed by atoms with E-state index in [0.717, 1.165) is 21.0 Å². The van der Waals surface area contributed by atoms with Gasteiger partial charge in [-0.1, -0.05) is 29.8 Å². The Morgan fingerprint density at radius 3 is 2.72 bits per heavy atom. The number of fused-ring (bicyclic) bond motifs is 2. The van der Waals surface area contributed by atoms with Crippen molar-refractivity contribution in [2.24, 2.45) is 0 Å². The molecule has 182 valence electrons. The van der Waals surface area contributed by atoms with E-state index in [4.69, 9.17) is 16.3 Å². The zero-order chi connectivity index (χ0) is 25.2. The van der Waals surface area contributed by atoms with Crippen molar-refractivity contribution in [3.05, 3.63) is 98.4 Å². The van der Waals surface area contributed by atoms with Gasteiger partial charge in [0.1, 0.15) is 17.9 Å². The van der Waals surface area contributed by atoms with Gasteiger partial charge in [0.05, 0.1) is 18.2 Å². The number of aromatic amines is 1. The van der Waals surface area contributed by atoms with Gasteiger partial charge in [-0.2, -0.15) is 0 Å². The van der Waals surface area contributed by atoms with Crippen LogP contribution in [0.2, 0.25) is 5.02 Å². The molecule has 2 aromatic carbocycles. The highest BCUT2D eigenvalue weighted by Crippen LogP contribution is 2.27. The van der Waals surface area contributed by atoms with Gasteiger partial charge in [0.25, 0.3) is 5.56 Å². The Kier molecular flexibility index (Phi) is 6.30. The average Bonchev–Trinajstić information content (AvgIpc) is 3.30. The molecule has 5 aromatic rings. The molecule has 0 atom stereocenters. The Bertz CT molecular complexity index is 1720. The molecule has 0 spiro atoms. The van der Waals surface area contributed by atoms with Gasteiger partial charge >= 0.3 is 5.69 Å². The van der Waals surface area contributed by atoms with Crippen LogP contribution in [0.25, 0.3) is 21.9 Å². The van der Waals surface area contributed by atoms with Crippen LogP contribution >= 0.6 is 11.6 Å². The van der Waals surface area contributed by atoms with Crippen LogP contribution in [-0.2, 0) is 24.3 Å². The maximum Gasteiger partial charge on any atom is 0.333 e. The Hall–Kier alpha value is -4.37. The molecule has 1 amide bonds. The van der Waals surface area contributed by atoms with E-state index < -0.39 is 17.2 Å². The number of hydrogen-bond acceptors (Lipinski definition) is 5. The standard InChI is InChI=1S/C26H22ClN5O4/c1-36-22-9-8-17(27)13-21(22)30-23(33)15-32-24-19(6-4-11-28-24)25(34)31(26(32)35)12-10-16-14-29-20-7-3-2-5-18(16)20/h2-9,11,13-14,29H,10,12,15H2,1H3,(H,30,33).